The summed E-state index contributed by atoms with van der Waals surface area (Å²) >= 11 is 0. The summed E-state index contributed by atoms with van der Waals surface area (Å²) in [5.74, 6) is 1.14. The fraction of sp³-hybridized carbons (Fsp3) is 0.333. The van der Waals surface area contributed by atoms with Crippen molar-refractivity contribution in [1.29, 1.82) is 0 Å². The Morgan fingerprint density at radius 3 is 2.30 bits per heavy atom. The summed E-state index contributed by atoms with van der Waals surface area (Å²) in [7, 11) is 0. The van der Waals surface area contributed by atoms with E-state index in [1.165, 1.54) is 5.56 Å². The van der Waals surface area contributed by atoms with Crippen LogP contribution in [0.15, 0.2) is 66.7 Å². The first kappa shape index (κ1) is 20.3. The Morgan fingerprint density at radius 1 is 1.03 bits per heavy atom. The predicted octanol–water partition coefficient (Wildman–Crippen LogP) is 6.93. The number of carbonyl (C=O) groups excluding carboxylic acids is 1. The summed E-state index contributed by atoms with van der Waals surface area (Å²) in [6, 6.07) is 20.3. The first-order valence-corrected chi connectivity index (χ1v) is 10.9. The third-order valence-electron chi connectivity index (χ3n) is 6.34. The number of benzene rings is 2. The number of fused-ring (bicyclic) bond motifs is 1. The van der Waals surface area contributed by atoms with E-state index in [9.17, 15) is 4.79 Å². The Morgan fingerprint density at radius 2 is 1.67 bits per heavy atom. The normalized spacial score (nSPS) is 19.0. The van der Waals surface area contributed by atoms with Gasteiger partial charge in [0.15, 0.2) is 0 Å². The second kappa shape index (κ2) is 8.43. The van der Waals surface area contributed by atoms with Crippen molar-refractivity contribution in [3.8, 4) is 11.3 Å². The highest BCUT2D eigenvalue weighted by Gasteiger charge is 2.35. The topological polar surface area (TPSA) is 34.9 Å². The number of nitrogens with zero attached hydrogens (tertiary/aromatic N) is 2. The number of allylic oxidation sites excluding steroid dienone is 2. The van der Waals surface area contributed by atoms with Crippen molar-refractivity contribution in [2.24, 2.45) is 5.92 Å². The molecule has 2 atom stereocenters. The molecule has 154 valence electrons. The van der Waals surface area contributed by atoms with Crippen LogP contribution in [-0.4, -0.2) is 15.7 Å². The SMILES string of the molecule is C/C(=C\C(=O)n1nc(-c2ccccc2)c2c1[C@H](C(C)C)CC[C@@H]2C)c1ccccc1. The monoisotopic (exact) mass is 398 g/mol. The zero-order valence-electron chi connectivity index (χ0n) is 18.3. The number of hydrogen-bond donors (Lipinski definition) is 0. The average molecular weight is 399 g/mol. The molecule has 1 aliphatic rings. The van der Waals surface area contributed by atoms with Crippen LogP contribution in [-0.2, 0) is 0 Å². The van der Waals surface area contributed by atoms with E-state index in [0.29, 0.717) is 17.8 Å². The van der Waals surface area contributed by atoms with E-state index in [0.717, 1.165) is 40.9 Å². The Bertz CT molecular complexity index is 1060. The van der Waals surface area contributed by atoms with Gasteiger partial charge in [-0.1, -0.05) is 81.4 Å². The van der Waals surface area contributed by atoms with Crippen LogP contribution in [0.2, 0.25) is 0 Å². The first-order chi connectivity index (χ1) is 14.5. The second-order valence-corrected chi connectivity index (χ2v) is 8.79. The van der Waals surface area contributed by atoms with Gasteiger partial charge < -0.3 is 0 Å². The van der Waals surface area contributed by atoms with Crippen molar-refractivity contribution in [2.45, 2.75) is 52.4 Å². The van der Waals surface area contributed by atoms with E-state index >= 15 is 0 Å². The van der Waals surface area contributed by atoms with Crippen molar-refractivity contribution in [1.82, 2.24) is 9.78 Å². The molecule has 0 spiro atoms. The molecule has 3 heteroatoms. The van der Waals surface area contributed by atoms with Crippen LogP contribution in [0.4, 0.5) is 0 Å². The van der Waals surface area contributed by atoms with Gasteiger partial charge in [-0.05, 0) is 42.7 Å². The molecule has 2 aromatic carbocycles. The molecule has 0 aliphatic heterocycles. The molecule has 0 fully saturated rings. The molecule has 3 nitrogen and oxygen atoms in total. The van der Waals surface area contributed by atoms with Gasteiger partial charge in [0.25, 0.3) is 5.91 Å². The zero-order chi connectivity index (χ0) is 21.3. The van der Waals surface area contributed by atoms with Crippen LogP contribution in [0, 0.1) is 5.92 Å². The maximum atomic E-state index is 13.4. The maximum Gasteiger partial charge on any atom is 0.271 e. The molecule has 0 N–H and O–H groups in total. The number of aromatic nitrogens is 2. The lowest BCUT2D eigenvalue weighted by molar-refractivity contribution is 0.0947. The van der Waals surface area contributed by atoms with Crippen molar-refractivity contribution in [2.75, 3.05) is 0 Å². The van der Waals surface area contributed by atoms with Gasteiger partial charge in [0.05, 0.1) is 11.4 Å². The van der Waals surface area contributed by atoms with Gasteiger partial charge in [0, 0.05) is 23.1 Å². The third-order valence-corrected chi connectivity index (χ3v) is 6.34. The largest absolute Gasteiger partial charge is 0.271 e. The molecule has 0 bridgehead atoms. The summed E-state index contributed by atoms with van der Waals surface area (Å²) in [5.41, 5.74) is 6.43. The van der Waals surface area contributed by atoms with Crippen LogP contribution in [0.1, 0.15) is 74.0 Å². The standard InChI is InChI=1S/C27H30N2O/c1-18(2)23-16-15-19(3)25-26(22-13-9-6-10-14-22)28-29(27(23)25)24(30)17-20(4)21-11-7-5-8-12-21/h5-14,17-19,23H,15-16H2,1-4H3/b20-17+/t19-,23-/m0/s1. The molecule has 1 aliphatic carbocycles. The van der Waals surface area contributed by atoms with E-state index in [4.69, 9.17) is 5.10 Å². The van der Waals surface area contributed by atoms with Crippen molar-refractivity contribution >= 4 is 11.5 Å². The smallest absolute Gasteiger partial charge is 0.267 e. The number of carbonyl (C=O) groups is 1. The van der Waals surface area contributed by atoms with Gasteiger partial charge in [0.2, 0.25) is 0 Å². The highest BCUT2D eigenvalue weighted by atomic mass is 16.2. The molecule has 0 radical (unpaired) electrons. The Hall–Kier alpha value is -2.94. The molecule has 1 aromatic heterocycles. The van der Waals surface area contributed by atoms with Gasteiger partial charge in [-0.15, -0.1) is 0 Å². The highest BCUT2D eigenvalue weighted by molar-refractivity contribution is 5.97. The molecular formula is C27H30N2O. The fourth-order valence-electron chi connectivity index (χ4n) is 4.65. The Kier molecular flexibility index (Phi) is 5.72. The molecule has 3 aromatic rings. The molecule has 1 heterocycles. The zero-order valence-corrected chi connectivity index (χ0v) is 18.3. The van der Waals surface area contributed by atoms with E-state index < -0.39 is 0 Å². The fourth-order valence-corrected chi connectivity index (χ4v) is 4.65. The summed E-state index contributed by atoms with van der Waals surface area (Å²) in [5, 5.41) is 4.91. The molecule has 4 rings (SSSR count). The summed E-state index contributed by atoms with van der Waals surface area (Å²) in [6.45, 7) is 8.76. The van der Waals surface area contributed by atoms with Crippen molar-refractivity contribution < 1.29 is 4.79 Å². The highest BCUT2D eigenvalue weighted by Crippen LogP contribution is 2.46. The molecule has 30 heavy (non-hydrogen) atoms. The predicted molar refractivity (Wildman–Crippen MR) is 124 cm³/mol. The Balaban J connectivity index is 1.86. The molecule has 0 saturated carbocycles. The summed E-state index contributed by atoms with van der Waals surface area (Å²) in [6.07, 6.45) is 3.96. The van der Waals surface area contributed by atoms with E-state index in [1.807, 2.05) is 55.5 Å². The molecular weight excluding hydrogens is 368 g/mol. The lowest BCUT2D eigenvalue weighted by Gasteiger charge is -2.30. The minimum Gasteiger partial charge on any atom is -0.267 e. The minimum absolute atomic E-state index is 0.0606. The first-order valence-electron chi connectivity index (χ1n) is 10.9. The van der Waals surface area contributed by atoms with Gasteiger partial charge in [-0.2, -0.15) is 5.10 Å². The van der Waals surface area contributed by atoms with Crippen LogP contribution in [0.3, 0.4) is 0 Å². The van der Waals surface area contributed by atoms with Crippen molar-refractivity contribution in [3.63, 3.8) is 0 Å². The third kappa shape index (κ3) is 3.77. The summed E-state index contributed by atoms with van der Waals surface area (Å²) in [4.78, 5) is 13.4. The minimum atomic E-state index is -0.0606. The maximum absolute atomic E-state index is 13.4. The van der Waals surface area contributed by atoms with E-state index in [2.05, 4.69) is 32.9 Å². The average Bonchev–Trinajstić information content (AvgIpc) is 3.16. The van der Waals surface area contributed by atoms with Crippen LogP contribution >= 0.6 is 0 Å². The quantitative estimate of drug-likeness (QED) is 0.447. The van der Waals surface area contributed by atoms with Crippen molar-refractivity contribution in [3.05, 3.63) is 83.6 Å². The Labute approximate surface area is 179 Å². The molecule has 0 unspecified atom stereocenters. The lowest BCUT2D eigenvalue weighted by Crippen LogP contribution is -2.23. The van der Waals surface area contributed by atoms with Gasteiger partial charge >= 0.3 is 0 Å². The number of rotatable bonds is 4. The molecule has 0 amide bonds. The van der Waals surface area contributed by atoms with Crippen LogP contribution in [0.25, 0.3) is 16.8 Å². The van der Waals surface area contributed by atoms with E-state index in [-0.39, 0.29) is 5.91 Å². The van der Waals surface area contributed by atoms with E-state index in [1.54, 1.807) is 10.8 Å². The second-order valence-electron chi connectivity index (χ2n) is 8.79. The van der Waals surface area contributed by atoms with Crippen LogP contribution in [0.5, 0.6) is 0 Å². The summed E-state index contributed by atoms with van der Waals surface area (Å²) < 4.78 is 1.70. The van der Waals surface area contributed by atoms with Gasteiger partial charge in [0.1, 0.15) is 0 Å². The van der Waals surface area contributed by atoms with Gasteiger partial charge in [-0.25, -0.2) is 4.68 Å². The number of hydrogen-bond acceptors (Lipinski definition) is 2. The van der Waals surface area contributed by atoms with Crippen LogP contribution < -0.4 is 0 Å². The molecule has 0 saturated heterocycles. The lowest BCUT2D eigenvalue weighted by atomic mass is 9.75. The van der Waals surface area contributed by atoms with Gasteiger partial charge in [-0.3, -0.25) is 4.79 Å².